The summed E-state index contributed by atoms with van der Waals surface area (Å²) < 4.78 is 4.91. The topological polar surface area (TPSA) is 48.5 Å². The summed E-state index contributed by atoms with van der Waals surface area (Å²) in [5, 5.41) is 11.9. The van der Waals surface area contributed by atoms with E-state index < -0.39 is 0 Å². The summed E-state index contributed by atoms with van der Waals surface area (Å²) in [6.45, 7) is 0. The first-order chi connectivity index (χ1) is 30.7. The van der Waals surface area contributed by atoms with E-state index in [9.17, 15) is 0 Å². The molecule has 0 atom stereocenters. The highest BCUT2D eigenvalue weighted by Crippen LogP contribution is 2.43. The lowest BCUT2D eigenvalue weighted by Gasteiger charge is -2.18. The average Bonchev–Trinajstić information content (AvgIpc) is 3.85. The van der Waals surface area contributed by atoms with Gasteiger partial charge in [-0.1, -0.05) is 170 Å². The van der Waals surface area contributed by atoms with Gasteiger partial charge in [0.1, 0.15) is 0 Å². The first-order valence-corrected chi connectivity index (χ1v) is 21.0. The van der Waals surface area contributed by atoms with Crippen LogP contribution in [0.4, 0.5) is 0 Å². The van der Waals surface area contributed by atoms with Gasteiger partial charge in [0.2, 0.25) is 0 Å². The average molecular weight is 790 g/mol. The summed E-state index contributed by atoms with van der Waals surface area (Å²) in [4.78, 5) is 15.6. The zero-order valence-corrected chi connectivity index (χ0v) is 33.4. The molecule has 0 aliphatic carbocycles. The summed E-state index contributed by atoms with van der Waals surface area (Å²) in [7, 11) is 0. The third-order valence-electron chi connectivity index (χ3n) is 12.5. The van der Waals surface area contributed by atoms with Crippen LogP contribution in [0.15, 0.2) is 212 Å². The van der Waals surface area contributed by atoms with Crippen LogP contribution in [0.5, 0.6) is 0 Å². The number of para-hydroxylation sites is 1. The molecule has 5 nitrogen and oxygen atoms in total. The Labute approximate surface area is 356 Å². The molecule has 0 aliphatic heterocycles. The van der Waals surface area contributed by atoms with Crippen molar-refractivity contribution in [3.8, 4) is 45.5 Å². The molecule has 0 aliphatic rings. The number of rotatable bonds is 5. The van der Waals surface area contributed by atoms with Crippen molar-refractivity contribution in [3.05, 3.63) is 212 Å². The third-order valence-corrected chi connectivity index (χ3v) is 12.5. The highest BCUT2D eigenvalue weighted by molar-refractivity contribution is 6.20. The molecule has 62 heavy (non-hydrogen) atoms. The SMILES string of the molecule is c1ccc(-c2nc(-c3ccccc3)nc(-c3ccc4ccccc4c3-n3c4ccc(-n5c6ccccc6c6ccc7ccccc7c65)cc4c4cc5ccccc5cc43)n2)cc1. The molecule has 288 valence electrons. The van der Waals surface area contributed by atoms with Gasteiger partial charge < -0.3 is 9.13 Å². The van der Waals surface area contributed by atoms with Crippen LogP contribution >= 0.6 is 0 Å². The molecule has 5 heteroatoms. The minimum Gasteiger partial charge on any atom is -0.309 e. The van der Waals surface area contributed by atoms with Crippen LogP contribution in [0, 0.1) is 0 Å². The fourth-order valence-corrected chi connectivity index (χ4v) is 9.68. The smallest absolute Gasteiger partial charge is 0.166 e. The van der Waals surface area contributed by atoms with E-state index in [0.717, 1.165) is 49.9 Å². The number of nitrogens with zero attached hydrogens (tertiary/aromatic N) is 5. The fourth-order valence-electron chi connectivity index (χ4n) is 9.68. The van der Waals surface area contributed by atoms with Crippen LogP contribution in [0.3, 0.4) is 0 Å². The first kappa shape index (κ1) is 34.5. The molecule has 0 N–H and O–H groups in total. The number of aromatic nitrogens is 5. The summed E-state index contributed by atoms with van der Waals surface area (Å²) in [5.41, 5.74) is 9.54. The Morgan fingerprint density at radius 2 is 0.823 bits per heavy atom. The van der Waals surface area contributed by atoms with Gasteiger partial charge in [-0.05, 0) is 64.0 Å². The molecule has 0 amide bonds. The van der Waals surface area contributed by atoms with E-state index in [0.29, 0.717) is 17.5 Å². The van der Waals surface area contributed by atoms with E-state index in [2.05, 4.69) is 185 Å². The molecule has 0 spiro atoms. The lowest BCUT2D eigenvalue weighted by Crippen LogP contribution is -2.04. The molecular weight excluding hydrogens is 755 g/mol. The zero-order valence-electron chi connectivity index (χ0n) is 33.4. The van der Waals surface area contributed by atoms with Crippen LogP contribution in [-0.4, -0.2) is 24.1 Å². The van der Waals surface area contributed by atoms with Crippen molar-refractivity contribution in [3.63, 3.8) is 0 Å². The van der Waals surface area contributed by atoms with Gasteiger partial charge in [-0.3, -0.25) is 0 Å². The van der Waals surface area contributed by atoms with Gasteiger partial charge in [0.15, 0.2) is 17.5 Å². The lowest BCUT2D eigenvalue weighted by molar-refractivity contribution is 1.07. The molecule has 13 aromatic rings. The van der Waals surface area contributed by atoms with E-state index in [1.165, 1.54) is 54.1 Å². The predicted molar refractivity (Wildman–Crippen MR) is 257 cm³/mol. The third kappa shape index (κ3) is 5.25. The molecular formula is C57H35N5. The maximum Gasteiger partial charge on any atom is 0.166 e. The van der Waals surface area contributed by atoms with Gasteiger partial charge in [-0.2, -0.15) is 0 Å². The van der Waals surface area contributed by atoms with Crippen LogP contribution in [0.25, 0.3) is 121 Å². The highest BCUT2D eigenvalue weighted by atomic mass is 15.1. The van der Waals surface area contributed by atoms with Crippen LogP contribution in [0.2, 0.25) is 0 Å². The molecule has 13 rings (SSSR count). The Balaban J connectivity index is 1.15. The first-order valence-electron chi connectivity index (χ1n) is 21.0. The molecule has 10 aromatic carbocycles. The minimum atomic E-state index is 0.614. The quantitative estimate of drug-likeness (QED) is 0.174. The van der Waals surface area contributed by atoms with Crippen molar-refractivity contribution in [2.75, 3.05) is 0 Å². The fraction of sp³-hybridized carbons (Fsp3) is 0. The van der Waals surface area contributed by atoms with Crippen molar-refractivity contribution in [2.45, 2.75) is 0 Å². The summed E-state index contributed by atoms with van der Waals surface area (Å²) in [5.74, 6) is 1.87. The maximum absolute atomic E-state index is 5.28. The normalized spacial score (nSPS) is 11.9. The van der Waals surface area contributed by atoms with Crippen LogP contribution in [0.1, 0.15) is 0 Å². The van der Waals surface area contributed by atoms with Crippen LogP contribution < -0.4 is 0 Å². The van der Waals surface area contributed by atoms with E-state index >= 15 is 0 Å². The van der Waals surface area contributed by atoms with Crippen molar-refractivity contribution in [1.29, 1.82) is 0 Å². The van der Waals surface area contributed by atoms with Gasteiger partial charge in [0, 0.05) is 54.7 Å². The van der Waals surface area contributed by atoms with Gasteiger partial charge in [-0.25, -0.2) is 15.0 Å². The molecule has 0 fully saturated rings. The molecule has 0 radical (unpaired) electrons. The zero-order chi connectivity index (χ0) is 40.7. The van der Waals surface area contributed by atoms with Crippen molar-refractivity contribution in [2.24, 2.45) is 0 Å². The molecule has 0 unspecified atom stereocenters. The van der Waals surface area contributed by atoms with Crippen molar-refractivity contribution < 1.29 is 0 Å². The van der Waals surface area contributed by atoms with Crippen LogP contribution in [-0.2, 0) is 0 Å². The number of hydrogen-bond donors (Lipinski definition) is 0. The van der Waals surface area contributed by atoms with Gasteiger partial charge in [0.25, 0.3) is 0 Å². The van der Waals surface area contributed by atoms with Gasteiger partial charge in [0.05, 0.1) is 27.8 Å². The predicted octanol–water partition coefficient (Wildman–Crippen LogP) is 14.5. The largest absolute Gasteiger partial charge is 0.309 e. The minimum absolute atomic E-state index is 0.614. The van der Waals surface area contributed by atoms with Crippen molar-refractivity contribution >= 4 is 75.9 Å². The number of hydrogen-bond acceptors (Lipinski definition) is 3. The highest BCUT2D eigenvalue weighted by Gasteiger charge is 2.23. The maximum atomic E-state index is 5.28. The standard InChI is InChI=1S/C57H35N5/c1-3-17-38(18-4-1)55-58-56(39-19-5-2-6-20-39)60-57(59-55)47-31-28-37-16-10-12-24-44(37)54(47)62-51-32-29-42(35-49(51)48-33-40-21-7-8-22-41(40)34-52(48)62)61-50-26-14-13-25-45(50)46-30-27-36-15-9-11-23-43(36)53(46)61/h1-35H. The Kier molecular flexibility index (Phi) is 7.54. The molecule has 0 saturated carbocycles. The molecule has 3 aromatic heterocycles. The molecule has 3 heterocycles. The van der Waals surface area contributed by atoms with Gasteiger partial charge in [-0.15, -0.1) is 0 Å². The number of benzene rings is 10. The Bertz CT molecular complexity index is 3860. The summed E-state index contributed by atoms with van der Waals surface area (Å²) in [6.07, 6.45) is 0. The monoisotopic (exact) mass is 789 g/mol. The second-order valence-electron chi connectivity index (χ2n) is 16.0. The van der Waals surface area contributed by atoms with E-state index in [4.69, 9.17) is 15.0 Å². The second-order valence-corrected chi connectivity index (χ2v) is 16.0. The Morgan fingerprint density at radius 1 is 0.290 bits per heavy atom. The van der Waals surface area contributed by atoms with E-state index in [-0.39, 0.29) is 0 Å². The van der Waals surface area contributed by atoms with Gasteiger partial charge >= 0.3 is 0 Å². The molecule has 0 saturated heterocycles. The lowest BCUT2D eigenvalue weighted by atomic mass is 10.0. The summed E-state index contributed by atoms with van der Waals surface area (Å²) >= 11 is 0. The van der Waals surface area contributed by atoms with E-state index in [1.807, 2.05) is 36.4 Å². The second kappa shape index (κ2) is 13.6. The summed E-state index contributed by atoms with van der Waals surface area (Å²) in [6, 6.07) is 75.8. The Hall–Kier alpha value is -8.41. The molecule has 0 bridgehead atoms. The van der Waals surface area contributed by atoms with E-state index in [1.54, 1.807) is 0 Å². The Morgan fingerprint density at radius 3 is 1.55 bits per heavy atom. The van der Waals surface area contributed by atoms with Crippen molar-refractivity contribution in [1.82, 2.24) is 24.1 Å². The number of fused-ring (bicyclic) bond motifs is 10.